The number of aromatic nitrogens is 2. The van der Waals surface area contributed by atoms with Crippen molar-refractivity contribution >= 4 is 0 Å². The van der Waals surface area contributed by atoms with Crippen LogP contribution in [0.25, 0.3) is 0 Å². The molecule has 1 heterocycles. The monoisotopic (exact) mass is 126 g/mol. The van der Waals surface area contributed by atoms with Crippen molar-refractivity contribution in [3.05, 3.63) is 17.2 Å². The summed E-state index contributed by atoms with van der Waals surface area (Å²) in [6.45, 7) is 3.79. The number of nitrogens with zero attached hydrogens (tertiary/aromatic N) is 1. The van der Waals surface area contributed by atoms with E-state index in [0.29, 0.717) is 0 Å². The van der Waals surface area contributed by atoms with E-state index >= 15 is 0 Å². The third kappa shape index (κ3) is 1.10. The zero-order valence-corrected chi connectivity index (χ0v) is 5.60. The maximum atomic E-state index is 8.65. The average Bonchev–Trinajstić information content (AvgIpc) is 2.10. The summed E-state index contributed by atoms with van der Waals surface area (Å²) >= 11 is 0. The molecule has 2 N–H and O–H groups in total. The average molecular weight is 126 g/mol. The summed E-state index contributed by atoms with van der Waals surface area (Å²) in [6, 6.07) is 0. The number of imidazole rings is 1. The molecule has 0 amide bonds. The van der Waals surface area contributed by atoms with Crippen LogP contribution >= 0.6 is 0 Å². The number of hydrogen-bond donors (Lipinski definition) is 2. The molecule has 9 heavy (non-hydrogen) atoms. The van der Waals surface area contributed by atoms with Crippen LogP contribution < -0.4 is 0 Å². The van der Waals surface area contributed by atoms with Gasteiger partial charge in [0.15, 0.2) is 0 Å². The van der Waals surface area contributed by atoms with Crippen LogP contribution in [-0.4, -0.2) is 15.1 Å². The highest BCUT2D eigenvalue weighted by atomic mass is 16.3. The Kier molecular flexibility index (Phi) is 1.53. The van der Waals surface area contributed by atoms with E-state index in [0.717, 1.165) is 17.2 Å². The minimum absolute atomic E-state index is 0.0240. The molecule has 0 aromatic carbocycles. The first kappa shape index (κ1) is 6.29. The number of rotatable bonds is 1. The van der Waals surface area contributed by atoms with E-state index in [1.807, 2.05) is 13.8 Å². The molecule has 0 spiro atoms. The van der Waals surface area contributed by atoms with Gasteiger partial charge in [-0.05, 0) is 13.8 Å². The molecule has 3 nitrogen and oxygen atoms in total. The zero-order chi connectivity index (χ0) is 6.85. The molecule has 0 unspecified atom stereocenters. The van der Waals surface area contributed by atoms with Gasteiger partial charge in [-0.3, -0.25) is 0 Å². The molecule has 0 fully saturated rings. The van der Waals surface area contributed by atoms with Gasteiger partial charge in [0.05, 0.1) is 12.3 Å². The van der Waals surface area contributed by atoms with E-state index in [-0.39, 0.29) is 6.61 Å². The van der Waals surface area contributed by atoms with Crippen molar-refractivity contribution < 1.29 is 5.11 Å². The van der Waals surface area contributed by atoms with Crippen LogP contribution in [0.4, 0.5) is 0 Å². The molecule has 0 aliphatic rings. The Morgan fingerprint density at radius 1 is 1.56 bits per heavy atom. The molecule has 50 valence electrons. The van der Waals surface area contributed by atoms with E-state index in [4.69, 9.17) is 5.11 Å². The van der Waals surface area contributed by atoms with Crippen LogP contribution in [0.15, 0.2) is 0 Å². The van der Waals surface area contributed by atoms with Crippen molar-refractivity contribution in [2.45, 2.75) is 20.5 Å². The van der Waals surface area contributed by atoms with Crippen LogP contribution in [0.5, 0.6) is 0 Å². The number of aliphatic hydroxyl groups is 1. The van der Waals surface area contributed by atoms with Crippen molar-refractivity contribution in [3.8, 4) is 0 Å². The summed E-state index contributed by atoms with van der Waals surface area (Å²) in [7, 11) is 0. The number of H-pyrrole nitrogens is 1. The maximum Gasteiger partial charge on any atom is 0.103 e. The maximum absolute atomic E-state index is 8.65. The van der Waals surface area contributed by atoms with Crippen molar-refractivity contribution in [1.29, 1.82) is 0 Å². The molecule has 0 radical (unpaired) electrons. The molecule has 1 aromatic heterocycles. The van der Waals surface area contributed by atoms with Crippen molar-refractivity contribution in [1.82, 2.24) is 9.97 Å². The lowest BCUT2D eigenvalue weighted by Gasteiger charge is -1.85. The van der Waals surface area contributed by atoms with Gasteiger partial charge in [0.2, 0.25) is 0 Å². The lowest BCUT2D eigenvalue weighted by atomic mass is 10.4. The number of nitrogens with one attached hydrogen (secondary N) is 1. The van der Waals surface area contributed by atoms with Gasteiger partial charge in [-0.15, -0.1) is 0 Å². The summed E-state index contributed by atoms with van der Waals surface area (Å²) in [5, 5.41) is 8.65. The highest BCUT2D eigenvalue weighted by Gasteiger charge is 1.99. The second-order valence-corrected chi connectivity index (χ2v) is 2.05. The van der Waals surface area contributed by atoms with Crippen LogP contribution in [0.2, 0.25) is 0 Å². The molecule has 0 aliphatic carbocycles. The fraction of sp³-hybridized carbons (Fsp3) is 0.500. The SMILES string of the molecule is Cc1nc(CO)c(C)[nH]1. The van der Waals surface area contributed by atoms with Gasteiger partial charge in [-0.25, -0.2) is 4.98 Å². The third-order valence-corrected chi connectivity index (χ3v) is 1.25. The molecule has 0 bridgehead atoms. The quantitative estimate of drug-likeness (QED) is 0.576. The standard InChI is InChI=1S/C6H10N2O/c1-4-6(3-9)8-5(2)7-4/h9H,3H2,1-2H3,(H,7,8). The second kappa shape index (κ2) is 2.19. The van der Waals surface area contributed by atoms with E-state index in [9.17, 15) is 0 Å². The van der Waals surface area contributed by atoms with Crippen LogP contribution in [-0.2, 0) is 6.61 Å². The summed E-state index contributed by atoms with van der Waals surface area (Å²) in [5.74, 6) is 0.858. The molecule has 0 atom stereocenters. The zero-order valence-electron chi connectivity index (χ0n) is 5.60. The largest absolute Gasteiger partial charge is 0.390 e. The van der Waals surface area contributed by atoms with E-state index < -0.39 is 0 Å². The summed E-state index contributed by atoms with van der Waals surface area (Å²) < 4.78 is 0. The summed E-state index contributed by atoms with van der Waals surface area (Å²) in [6.07, 6.45) is 0. The Morgan fingerprint density at radius 3 is 2.44 bits per heavy atom. The predicted octanol–water partition coefficient (Wildman–Crippen LogP) is 0.519. The van der Waals surface area contributed by atoms with Gasteiger partial charge in [-0.2, -0.15) is 0 Å². The smallest absolute Gasteiger partial charge is 0.103 e. The van der Waals surface area contributed by atoms with Gasteiger partial charge in [-0.1, -0.05) is 0 Å². The molecule has 0 aliphatic heterocycles. The molecule has 0 saturated carbocycles. The van der Waals surface area contributed by atoms with Gasteiger partial charge < -0.3 is 10.1 Å². The molecule has 0 saturated heterocycles. The first-order valence-corrected chi connectivity index (χ1v) is 2.87. The van der Waals surface area contributed by atoms with Gasteiger partial charge >= 0.3 is 0 Å². The van der Waals surface area contributed by atoms with Gasteiger partial charge in [0, 0.05) is 5.69 Å². The number of aryl methyl sites for hydroxylation is 2. The topological polar surface area (TPSA) is 48.9 Å². The fourth-order valence-electron chi connectivity index (χ4n) is 0.812. The van der Waals surface area contributed by atoms with Crippen LogP contribution in [0, 0.1) is 13.8 Å². The molecular weight excluding hydrogens is 116 g/mol. The minimum atomic E-state index is 0.0240. The highest BCUT2D eigenvalue weighted by molar-refractivity contribution is 5.10. The molecule has 1 aromatic rings. The highest BCUT2D eigenvalue weighted by Crippen LogP contribution is 2.02. The van der Waals surface area contributed by atoms with E-state index in [1.165, 1.54) is 0 Å². The lowest BCUT2D eigenvalue weighted by Crippen LogP contribution is -1.84. The number of aliphatic hydroxyl groups excluding tert-OH is 1. The fourth-order valence-corrected chi connectivity index (χ4v) is 0.812. The van der Waals surface area contributed by atoms with E-state index in [1.54, 1.807) is 0 Å². The van der Waals surface area contributed by atoms with Crippen LogP contribution in [0.1, 0.15) is 17.2 Å². The molecule has 3 heteroatoms. The van der Waals surface area contributed by atoms with Crippen LogP contribution in [0.3, 0.4) is 0 Å². The lowest BCUT2D eigenvalue weighted by molar-refractivity contribution is 0.276. The summed E-state index contributed by atoms with van der Waals surface area (Å²) in [4.78, 5) is 7.01. The molecular formula is C6H10N2O. The number of hydrogen-bond acceptors (Lipinski definition) is 2. The minimum Gasteiger partial charge on any atom is -0.390 e. The predicted molar refractivity (Wildman–Crippen MR) is 34.0 cm³/mol. The Morgan fingerprint density at radius 2 is 2.22 bits per heavy atom. The Hall–Kier alpha value is -0.830. The van der Waals surface area contributed by atoms with E-state index in [2.05, 4.69) is 9.97 Å². The van der Waals surface area contributed by atoms with Gasteiger partial charge in [0.25, 0.3) is 0 Å². The van der Waals surface area contributed by atoms with Crippen molar-refractivity contribution in [2.75, 3.05) is 0 Å². The Labute approximate surface area is 53.7 Å². The first-order chi connectivity index (χ1) is 4.24. The first-order valence-electron chi connectivity index (χ1n) is 2.87. The summed E-state index contributed by atoms with van der Waals surface area (Å²) in [5.41, 5.74) is 1.70. The third-order valence-electron chi connectivity index (χ3n) is 1.25. The van der Waals surface area contributed by atoms with Crippen molar-refractivity contribution in [3.63, 3.8) is 0 Å². The molecule has 1 rings (SSSR count). The Balaban J connectivity index is 3.01. The van der Waals surface area contributed by atoms with Gasteiger partial charge in [0.1, 0.15) is 5.82 Å². The van der Waals surface area contributed by atoms with Crippen molar-refractivity contribution in [2.24, 2.45) is 0 Å². The normalized spacial score (nSPS) is 10.1. The Bertz CT molecular complexity index is 205. The second-order valence-electron chi connectivity index (χ2n) is 2.05. The number of aromatic amines is 1.